The van der Waals surface area contributed by atoms with Crippen LogP contribution in [0.25, 0.3) is 11.0 Å². The van der Waals surface area contributed by atoms with E-state index >= 15 is 0 Å². The van der Waals surface area contributed by atoms with Crippen molar-refractivity contribution in [2.24, 2.45) is 0 Å². The molecule has 5 heteroatoms. The van der Waals surface area contributed by atoms with Gasteiger partial charge in [-0.25, -0.2) is 4.98 Å². The molecule has 0 radical (unpaired) electrons. The molecule has 4 nitrogen and oxygen atoms in total. The number of ether oxygens (including phenoxy) is 2. The van der Waals surface area contributed by atoms with Gasteiger partial charge in [0.1, 0.15) is 23.9 Å². The second-order valence-corrected chi connectivity index (χ2v) is 6.98. The molecule has 0 aliphatic heterocycles. The van der Waals surface area contributed by atoms with Crippen LogP contribution in [0.5, 0.6) is 11.5 Å². The minimum atomic E-state index is 0.433. The van der Waals surface area contributed by atoms with Gasteiger partial charge in [-0.1, -0.05) is 30.3 Å². The standard InChI is InChI=1S/C23H22N2O2S/c28-20-13-11-19(12-14-20)26-16-6-15-25-22-10-5-4-9-21(22)24-23(25)17-27-18-7-2-1-3-8-18/h1-5,7-14,28H,6,15-17H2. The van der Waals surface area contributed by atoms with Crippen molar-refractivity contribution < 1.29 is 9.47 Å². The minimum Gasteiger partial charge on any atom is -0.494 e. The van der Waals surface area contributed by atoms with Gasteiger partial charge >= 0.3 is 0 Å². The number of thiol groups is 1. The molecule has 0 saturated heterocycles. The van der Waals surface area contributed by atoms with E-state index < -0.39 is 0 Å². The summed E-state index contributed by atoms with van der Waals surface area (Å²) in [5, 5.41) is 0. The van der Waals surface area contributed by atoms with Crippen LogP contribution in [0.3, 0.4) is 0 Å². The molecule has 1 aromatic heterocycles. The monoisotopic (exact) mass is 390 g/mol. The molecule has 0 amide bonds. The lowest BCUT2D eigenvalue weighted by atomic mass is 10.3. The average molecular weight is 391 g/mol. The molecule has 0 bridgehead atoms. The first-order chi connectivity index (χ1) is 13.8. The van der Waals surface area contributed by atoms with Gasteiger partial charge in [0.2, 0.25) is 0 Å². The van der Waals surface area contributed by atoms with Gasteiger partial charge in [0, 0.05) is 11.4 Å². The SMILES string of the molecule is Sc1ccc(OCCCn2c(COc3ccccc3)nc3ccccc32)cc1. The van der Waals surface area contributed by atoms with Crippen molar-refractivity contribution in [1.29, 1.82) is 0 Å². The molecule has 4 aromatic rings. The van der Waals surface area contributed by atoms with Gasteiger partial charge < -0.3 is 14.0 Å². The second-order valence-electron chi connectivity index (χ2n) is 6.47. The summed E-state index contributed by atoms with van der Waals surface area (Å²) in [4.78, 5) is 5.69. The second kappa shape index (κ2) is 8.85. The van der Waals surface area contributed by atoms with Gasteiger partial charge in [-0.05, 0) is 55.0 Å². The van der Waals surface area contributed by atoms with Crippen molar-refractivity contribution in [2.45, 2.75) is 24.5 Å². The van der Waals surface area contributed by atoms with Gasteiger partial charge in [-0.2, -0.15) is 0 Å². The van der Waals surface area contributed by atoms with Crippen LogP contribution in [0.4, 0.5) is 0 Å². The van der Waals surface area contributed by atoms with Crippen LogP contribution >= 0.6 is 12.6 Å². The van der Waals surface area contributed by atoms with Gasteiger partial charge in [-0.3, -0.25) is 0 Å². The summed E-state index contributed by atoms with van der Waals surface area (Å²) in [6.07, 6.45) is 0.876. The fourth-order valence-corrected chi connectivity index (χ4v) is 3.25. The van der Waals surface area contributed by atoms with Crippen molar-refractivity contribution in [3.05, 3.63) is 84.7 Å². The Bertz CT molecular complexity index is 1030. The topological polar surface area (TPSA) is 36.3 Å². The molecule has 3 aromatic carbocycles. The van der Waals surface area contributed by atoms with Crippen LogP contribution in [-0.4, -0.2) is 16.2 Å². The van der Waals surface area contributed by atoms with E-state index in [1.807, 2.05) is 72.8 Å². The zero-order chi connectivity index (χ0) is 19.2. The Morgan fingerprint density at radius 2 is 1.50 bits per heavy atom. The molecule has 0 fully saturated rings. The van der Waals surface area contributed by atoms with Gasteiger partial charge in [-0.15, -0.1) is 12.6 Å². The highest BCUT2D eigenvalue weighted by molar-refractivity contribution is 7.80. The highest BCUT2D eigenvalue weighted by Crippen LogP contribution is 2.19. The highest BCUT2D eigenvalue weighted by Gasteiger charge is 2.11. The summed E-state index contributed by atoms with van der Waals surface area (Å²) in [5.74, 6) is 2.63. The first-order valence-electron chi connectivity index (χ1n) is 9.33. The van der Waals surface area contributed by atoms with E-state index in [0.717, 1.165) is 46.2 Å². The predicted molar refractivity (Wildman–Crippen MR) is 114 cm³/mol. The number of rotatable bonds is 8. The number of para-hydroxylation sites is 3. The van der Waals surface area contributed by atoms with Crippen molar-refractivity contribution in [1.82, 2.24) is 9.55 Å². The van der Waals surface area contributed by atoms with Crippen LogP contribution in [0.15, 0.2) is 83.8 Å². The fraction of sp³-hybridized carbons (Fsp3) is 0.174. The maximum atomic E-state index is 5.93. The number of imidazole rings is 1. The number of benzene rings is 3. The van der Waals surface area contributed by atoms with Crippen LogP contribution in [-0.2, 0) is 13.2 Å². The Hall–Kier alpha value is -2.92. The molecule has 4 rings (SSSR count). The first kappa shape index (κ1) is 18.4. The molecule has 0 saturated carbocycles. The quantitative estimate of drug-likeness (QED) is 0.324. The van der Waals surface area contributed by atoms with Crippen molar-refractivity contribution in [3.8, 4) is 11.5 Å². The highest BCUT2D eigenvalue weighted by atomic mass is 32.1. The molecule has 0 aliphatic carbocycles. The normalized spacial score (nSPS) is 10.9. The third-order valence-corrected chi connectivity index (χ3v) is 4.77. The molecule has 0 N–H and O–H groups in total. The molecular formula is C23H22N2O2S. The maximum Gasteiger partial charge on any atom is 0.147 e. The van der Waals surface area contributed by atoms with Crippen LogP contribution < -0.4 is 9.47 Å². The number of aromatic nitrogens is 2. The Balaban J connectivity index is 1.43. The summed E-state index contributed by atoms with van der Waals surface area (Å²) >= 11 is 4.30. The third kappa shape index (κ3) is 4.49. The summed E-state index contributed by atoms with van der Waals surface area (Å²) < 4.78 is 14.0. The van der Waals surface area contributed by atoms with E-state index in [1.165, 1.54) is 0 Å². The Morgan fingerprint density at radius 3 is 2.32 bits per heavy atom. The number of nitrogens with zero attached hydrogens (tertiary/aromatic N) is 2. The van der Waals surface area contributed by atoms with Crippen LogP contribution in [0, 0.1) is 0 Å². The lowest BCUT2D eigenvalue weighted by molar-refractivity contribution is 0.280. The molecular weight excluding hydrogens is 368 g/mol. The molecule has 0 spiro atoms. The predicted octanol–water partition coefficient (Wildman–Crippen LogP) is 5.37. The van der Waals surface area contributed by atoms with Gasteiger partial charge in [0.15, 0.2) is 0 Å². The van der Waals surface area contributed by atoms with Crippen LogP contribution in [0.1, 0.15) is 12.2 Å². The van der Waals surface area contributed by atoms with E-state index in [0.29, 0.717) is 13.2 Å². The minimum absolute atomic E-state index is 0.433. The van der Waals surface area contributed by atoms with Gasteiger partial charge in [0.25, 0.3) is 0 Å². The molecule has 1 heterocycles. The number of fused-ring (bicyclic) bond motifs is 1. The van der Waals surface area contributed by atoms with E-state index in [4.69, 9.17) is 14.5 Å². The van der Waals surface area contributed by atoms with E-state index in [-0.39, 0.29) is 0 Å². The summed E-state index contributed by atoms with van der Waals surface area (Å²) in [6.45, 7) is 1.89. The third-order valence-electron chi connectivity index (χ3n) is 4.48. The smallest absolute Gasteiger partial charge is 0.147 e. The summed E-state index contributed by atoms with van der Waals surface area (Å²) in [5.41, 5.74) is 2.10. The summed E-state index contributed by atoms with van der Waals surface area (Å²) in [7, 11) is 0. The van der Waals surface area contributed by atoms with Crippen molar-refractivity contribution in [3.63, 3.8) is 0 Å². The molecule has 0 aliphatic rings. The van der Waals surface area contributed by atoms with E-state index in [1.54, 1.807) is 0 Å². The number of hydrogen-bond acceptors (Lipinski definition) is 4. The lowest BCUT2D eigenvalue weighted by Gasteiger charge is -2.11. The zero-order valence-electron chi connectivity index (χ0n) is 15.5. The van der Waals surface area contributed by atoms with Gasteiger partial charge in [0.05, 0.1) is 17.6 Å². The lowest BCUT2D eigenvalue weighted by Crippen LogP contribution is -2.10. The first-order valence-corrected chi connectivity index (χ1v) is 9.78. The molecule has 0 unspecified atom stereocenters. The molecule has 0 atom stereocenters. The Morgan fingerprint density at radius 1 is 0.786 bits per heavy atom. The Labute approximate surface area is 170 Å². The molecule has 142 valence electrons. The molecule has 28 heavy (non-hydrogen) atoms. The average Bonchev–Trinajstić information content (AvgIpc) is 3.09. The van der Waals surface area contributed by atoms with Crippen LogP contribution in [0.2, 0.25) is 0 Å². The number of hydrogen-bond donors (Lipinski definition) is 1. The largest absolute Gasteiger partial charge is 0.494 e. The fourth-order valence-electron chi connectivity index (χ4n) is 3.10. The van der Waals surface area contributed by atoms with E-state index in [2.05, 4.69) is 23.3 Å². The van der Waals surface area contributed by atoms with E-state index in [9.17, 15) is 0 Å². The number of aryl methyl sites for hydroxylation is 1. The zero-order valence-corrected chi connectivity index (χ0v) is 16.4. The van der Waals surface area contributed by atoms with Crippen molar-refractivity contribution >= 4 is 23.7 Å². The van der Waals surface area contributed by atoms with Crippen molar-refractivity contribution in [2.75, 3.05) is 6.61 Å². The summed E-state index contributed by atoms with van der Waals surface area (Å²) in [6, 6.07) is 25.7. The Kier molecular flexibility index (Phi) is 5.83. The maximum absolute atomic E-state index is 5.93.